The Morgan fingerprint density at radius 2 is 1.65 bits per heavy atom. The van der Waals surface area contributed by atoms with E-state index in [0.29, 0.717) is 23.6 Å². The quantitative estimate of drug-likeness (QED) is 0.435. The molecule has 0 spiro atoms. The molecule has 0 aromatic heterocycles. The van der Waals surface area contributed by atoms with Crippen molar-refractivity contribution in [1.29, 1.82) is 5.41 Å². The molecule has 1 heterocycles. The van der Waals surface area contributed by atoms with Crippen molar-refractivity contribution in [2.24, 2.45) is 5.73 Å². The van der Waals surface area contributed by atoms with Gasteiger partial charge in [-0.05, 0) is 42.8 Å². The van der Waals surface area contributed by atoms with Crippen molar-refractivity contribution in [2.75, 3.05) is 6.61 Å². The molecule has 0 bridgehead atoms. The summed E-state index contributed by atoms with van der Waals surface area (Å²) in [6.45, 7) is 13.8. The van der Waals surface area contributed by atoms with Gasteiger partial charge in [0.05, 0.1) is 11.6 Å². The predicted molar refractivity (Wildman–Crippen MR) is 131 cm³/mol. The third-order valence-corrected chi connectivity index (χ3v) is 4.06. The zero-order valence-corrected chi connectivity index (χ0v) is 19.2. The van der Waals surface area contributed by atoms with E-state index in [-0.39, 0.29) is 17.4 Å². The van der Waals surface area contributed by atoms with Crippen LogP contribution in [0.15, 0.2) is 79.0 Å². The minimum absolute atomic E-state index is 0.134. The summed E-state index contributed by atoms with van der Waals surface area (Å²) in [6, 6.07) is 11.6. The fourth-order valence-electron chi connectivity index (χ4n) is 2.54. The third-order valence-electron chi connectivity index (χ3n) is 4.06. The predicted octanol–water partition coefficient (Wildman–Crippen LogP) is 6.29. The number of rotatable bonds is 3. The normalized spacial score (nSPS) is 14.4. The summed E-state index contributed by atoms with van der Waals surface area (Å²) in [5, 5.41) is 27.0. The molecule has 0 saturated heterocycles. The zero-order chi connectivity index (χ0) is 23.8. The number of ether oxygens (including phenoxy) is 1. The van der Waals surface area contributed by atoms with Crippen molar-refractivity contribution in [3.63, 3.8) is 0 Å². The number of aromatic hydroxyl groups is 2. The molecule has 168 valence electrons. The first kappa shape index (κ1) is 27.5. The molecule has 31 heavy (non-hydrogen) atoms. The van der Waals surface area contributed by atoms with Crippen LogP contribution in [0, 0.1) is 5.41 Å². The lowest BCUT2D eigenvalue weighted by Gasteiger charge is -2.26. The van der Waals surface area contributed by atoms with Gasteiger partial charge in [-0.3, -0.25) is 0 Å². The number of phenolic OH excluding ortho intramolecular Hbond substituents is 2. The number of hydrogen-bond donors (Lipinski definition) is 4. The van der Waals surface area contributed by atoms with E-state index < -0.39 is 0 Å². The second-order valence-corrected chi connectivity index (χ2v) is 5.93. The van der Waals surface area contributed by atoms with E-state index >= 15 is 0 Å². The molecule has 0 aliphatic carbocycles. The van der Waals surface area contributed by atoms with E-state index in [1.165, 1.54) is 6.07 Å². The monoisotopic (exact) mass is 424 g/mol. The Kier molecular flexibility index (Phi) is 13.7. The number of fused-ring (bicyclic) bond motifs is 1. The summed E-state index contributed by atoms with van der Waals surface area (Å²) in [4.78, 5) is 0. The van der Waals surface area contributed by atoms with Crippen molar-refractivity contribution >= 4 is 5.71 Å². The lowest BCUT2D eigenvalue weighted by atomic mass is 9.88. The molecular weight excluding hydrogens is 388 g/mol. The molecule has 1 atom stereocenters. The lowest BCUT2D eigenvalue weighted by Crippen LogP contribution is -2.25. The standard InChI is InChI=1S/C15H13NO3.C7H11N.2C2H6/c16-15-12-6-5-11(18)7-14(12)19-8-13(15)9-1-3-10(17)4-2-9;1-3-5-6-7(8)4-2;2*1-2/h1-7,13,16-18H,8H2;3-6H,1,8H2,2H3;2*1-2H3/b;6-5-,7-4+;;. The number of benzene rings is 2. The lowest BCUT2D eigenvalue weighted by molar-refractivity contribution is 0.300. The van der Waals surface area contributed by atoms with Crippen LogP contribution in [0.1, 0.15) is 51.7 Å². The average molecular weight is 425 g/mol. The van der Waals surface area contributed by atoms with Crippen LogP contribution < -0.4 is 10.5 Å². The minimum Gasteiger partial charge on any atom is -0.508 e. The summed E-state index contributed by atoms with van der Waals surface area (Å²) in [5.41, 5.74) is 8.25. The topological polar surface area (TPSA) is 99.6 Å². The molecule has 5 heteroatoms. The molecule has 5 N–H and O–H groups in total. The van der Waals surface area contributed by atoms with Gasteiger partial charge in [-0.1, -0.05) is 64.6 Å². The average Bonchev–Trinajstić information content (AvgIpc) is 2.81. The first-order valence-electron chi connectivity index (χ1n) is 10.5. The minimum atomic E-state index is -0.155. The highest BCUT2D eigenvalue weighted by molar-refractivity contribution is 6.06. The van der Waals surface area contributed by atoms with E-state index in [2.05, 4.69) is 6.58 Å². The second-order valence-electron chi connectivity index (χ2n) is 5.93. The zero-order valence-electron chi connectivity index (χ0n) is 19.2. The summed E-state index contributed by atoms with van der Waals surface area (Å²) in [7, 11) is 0. The molecule has 2 aromatic rings. The molecule has 3 rings (SSSR count). The molecule has 1 aliphatic rings. The molecule has 1 aliphatic heterocycles. The SMILES string of the molecule is C=C/C=C\C(N)=C/C.CC.CC.N=C1c2ccc(O)cc2OCC1c1ccc(O)cc1. The van der Waals surface area contributed by atoms with Crippen LogP contribution in [-0.4, -0.2) is 22.5 Å². The highest BCUT2D eigenvalue weighted by Gasteiger charge is 2.27. The largest absolute Gasteiger partial charge is 0.508 e. The van der Waals surface area contributed by atoms with Gasteiger partial charge in [0, 0.05) is 17.3 Å². The van der Waals surface area contributed by atoms with E-state index in [1.54, 1.807) is 54.6 Å². The number of nitrogens with two attached hydrogens (primary N) is 1. The summed E-state index contributed by atoms with van der Waals surface area (Å²) in [6.07, 6.45) is 7.12. The van der Waals surface area contributed by atoms with Gasteiger partial charge in [0.1, 0.15) is 23.9 Å². The van der Waals surface area contributed by atoms with Crippen LogP contribution in [0.4, 0.5) is 0 Å². The summed E-state index contributed by atoms with van der Waals surface area (Å²) in [5.74, 6) is 0.727. The Morgan fingerprint density at radius 3 is 2.19 bits per heavy atom. The van der Waals surface area contributed by atoms with Crippen LogP contribution in [-0.2, 0) is 0 Å². The molecule has 0 radical (unpaired) electrons. The van der Waals surface area contributed by atoms with E-state index in [0.717, 1.165) is 11.3 Å². The van der Waals surface area contributed by atoms with Crippen molar-refractivity contribution in [2.45, 2.75) is 40.5 Å². The Hall–Kier alpha value is -3.47. The maximum atomic E-state index is 9.41. The number of phenols is 2. The maximum Gasteiger partial charge on any atom is 0.132 e. The van der Waals surface area contributed by atoms with Crippen molar-refractivity contribution in [3.05, 3.63) is 90.2 Å². The fraction of sp³-hybridized carbons (Fsp3) is 0.269. The Balaban J connectivity index is 0.000000637. The smallest absolute Gasteiger partial charge is 0.132 e. The van der Waals surface area contributed by atoms with E-state index in [9.17, 15) is 10.2 Å². The molecule has 1 unspecified atom stereocenters. The Morgan fingerprint density at radius 1 is 1.06 bits per heavy atom. The fourth-order valence-corrected chi connectivity index (χ4v) is 2.54. The van der Waals surface area contributed by atoms with Crippen molar-refractivity contribution in [3.8, 4) is 17.2 Å². The first-order valence-corrected chi connectivity index (χ1v) is 10.5. The number of hydrogen-bond acceptors (Lipinski definition) is 5. The van der Waals surface area contributed by atoms with E-state index in [1.807, 2.05) is 40.7 Å². The third kappa shape index (κ3) is 8.83. The molecule has 0 saturated carbocycles. The maximum absolute atomic E-state index is 9.41. The van der Waals surface area contributed by atoms with Gasteiger partial charge >= 0.3 is 0 Å². The molecule has 2 aromatic carbocycles. The van der Waals surface area contributed by atoms with Crippen LogP contribution in [0.5, 0.6) is 17.2 Å². The van der Waals surface area contributed by atoms with Gasteiger partial charge in [-0.15, -0.1) is 0 Å². The number of allylic oxidation sites excluding steroid dienone is 4. The van der Waals surface area contributed by atoms with Crippen molar-refractivity contribution in [1.82, 2.24) is 0 Å². The van der Waals surface area contributed by atoms with Crippen LogP contribution in [0.2, 0.25) is 0 Å². The second kappa shape index (κ2) is 15.4. The van der Waals surface area contributed by atoms with E-state index in [4.69, 9.17) is 15.9 Å². The van der Waals surface area contributed by atoms with Gasteiger partial charge in [-0.25, -0.2) is 0 Å². The van der Waals surface area contributed by atoms with Gasteiger partial charge in [0.25, 0.3) is 0 Å². The summed E-state index contributed by atoms with van der Waals surface area (Å²) >= 11 is 0. The molecular formula is C26H36N2O3. The molecule has 0 amide bonds. The molecule has 5 nitrogen and oxygen atoms in total. The van der Waals surface area contributed by atoms with Gasteiger partial charge in [0.2, 0.25) is 0 Å². The first-order chi connectivity index (χ1) is 15.0. The Labute approximate surface area is 186 Å². The Bertz CT molecular complexity index is 869. The highest BCUT2D eigenvalue weighted by atomic mass is 16.5. The van der Waals surface area contributed by atoms with Crippen molar-refractivity contribution < 1.29 is 14.9 Å². The van der Waals surface area contributed by atoms with Crippen LogP contribution >= 0.6 is 0 Å². The van der Waals surface area contributed by atoms with Crippen LogP contribution in [0.3, 0.4) is 0 Å². The van der Waals surface area contributed by atoms with Gasteiger partial charge < -0.3 is 26.1 Å². The molecule has 0 fully saturated rings. The van der Waals surface area contributed by atoms with Gasteiger partial charge in [0.15, 0.2) is 0 Å². The van der Waals surface area contributed by atoms with Crippen LogP contribution in [0.25, 0.3) is 0 Å². The summed E-state index contributed by atoms with van der Waals surface area (Å²) < 4.78 is 5.61. The van der Waals surface area contributed by atoms with Gasteiger partial charge in [-0.2, -0.15) is 0 Å². The number of nitrogens with one attached hydrogen (secondary N) is 1. The highest BCUT2D eigenvalue weighted by Crippen LogP contribution is 2.34.